The number of carbonyl (C=O) groups is 2. The van der Waals surface area contributed by atoms with Crippen LogP contribution < -0.4 is 9.62 Å². The Bertz CT molecular complexity index is 1600. The van der Waals surface area contributed by atoms with E-state index in [2.05, 4.69) is 21.2 Å². The first-order valence-electron chi connectivity index (χ1n) is 14.2. The van der Waals surface area contributed by atoms with Crippen LogP contribution in [-0.4, -0.2) is 44.3 Å². The smallest absolute Gasteiger partial charge is 0.264 e. The van der Waals surface area contributed by atoms with Crippen LogP contribution in [-0.2, 0) is 39.0 Å². The summed E-state index contributed by atoms with van der Waals surface area (Å²) in [6.07, 6.45) is 1.06. The van der Waals surface area contributed by atoms with Crippen LogP contribution in [0.5, 0.6) is 0 Å². The topological polar surface area (TPSA) is 86.8 Å². The fourth-order valence-corrected chi connectivity index (χ4v) is 6.48. The average Bonchev–Trinajstić information content (AvgIpc) is 3.03. The van der Waals surface area contributed by atoms with E-state index in [1.165, 1.54) is 17.0 Å². The zero-order chi connectivity index (χ0) is 30.8. The van der Waals surface area contributed by atoms with Crippen molar-refractivity contribution in [3.8, 4) is 0 Å². The van der Waals surface area contributed by atoms with E-state index >= 15 is 0 Å². The zero-order valence-corrected chi connectivity index (χ0v) is 26.7. The number of halogens is 1. The summed E-state index contributed by atoms with van der Waals surface area (Å²) < 4.78 is 30.0. The van der Waals surface area contributed by atoms with Gasteiger partial charge in [0.05, 0.1) is 10.6 Å². The van der Waals surface area contributed by atoms with Gasteiger partial charge in [0.15, 0.2) is 0 Å². The summed E-state index contributed by atoms with van der Waals surface area (Å²) in [6, 6.07) is 31.4. The van der Waals surface area contributed by atoms with Gasteiger partial charge in [0.1, 0.15) is 12.6 Å². The van der Waals surface area contributed by atoms with Crippen LogP contribution in [0.1, 0.15) is 30.5 Å². The van der Waals surface area contributed by atoms with Crippen LogP contribution in [0.25, 0.3) is 0 Å². The standard InChI is InChI=1S/C34H36BrN3O4S/c1-3-26-17-21-30(22-18-26)38(43(41,42)31-13-9-6-10-14-31)25-33(39)37(24-28-15-19-29(35)20-16-28)32(34(40)36-4-2)23-27-11-7-5-8-12-27/h5-22,32H,3-4,23-25H2,1-2H3,(H,36,40)/t32-/m0/s1. The first-order valence-corrected chi connectivity index (χ1v) is 16.5. The van der Waals surface area contributed by atoms with Crippen molar-refractivity contribution < 1.29 is 18.0 Å². The largest absolute Gasteiger partial charge is 0.355 e. The van der Waals surface area contributed by atoms with Gasteiger partial charge < -0.3 is 10.2 Å². The average molecular weight is 663 g/mol. The van der Waals surface area contributed by atoms with E-state index in [4.69, 9.17) is 0 Å². The van der Waals surface area contributed by atoms with E-state index in [1.54, 1.807) is 30.3 Å². The van der Waals surface area contributed by atoms with Gasteiger partial charge in [-0.1, -0.05) is 95.7 Å². The van der Waals surface area contributed by atoms with Crippen molar-refractivity contribution >= 4 is 43.5 Å². The minimum Gasteiger partial charge on any atom is -0.355 e. The second-order valence-electron chi connectivity index (χ2n) is 10.1. The van der Waals surface area contributed by atoms with Crippen molar-refractivity contribution in [3.05, 3.63) is 130 Å². The number of likely N-dealkylation sites (N-methyl/N-ethyl adjacent to an activating group) is 1. The van der Waals surface area contributed by atoms with Gasteiger partial charge in [0.25, 0.3) is 10.0 Å². The number of aryl methyl sites for hydroxylation is 1. The molecule has 4 aromatic carbocycles. The van der Waals surface area contributed by atoms with Gasteiger partial charge in [-0.2, -0.15) is 0 Å². The lowest BCUT2D eigenvalue weighted by molar-refractivity contribution is -0.140. The highest BCUT2D eigenvalue weighted by Crippen LogP contribution is 2.26. The molecule has 0 spiro atoms. The molecule has 0 bridgehead atoms. The maximum Gasteiger partial charge on any atom is 0.264 e. The maximum atomic E-state index is 14.4. The summed E-state index contributed by atoms with van der Waals surface area (Å²) in [6.45, 7) is 3.87. The maximum absolute atomic E-state index is 14.4. The van der Waals surface area contributed by atoms with Crippen LogP contribution in [0, 0.1) is 0 Å². The molecule has 4 rings (SSSR count). The molecule has 4 aromatic rings. The third-order valence-electron chi connectivity index (χ3n) is 7.13. The molecule has 43 heavy (non-hydrogen) atoms. The first-order chi connectivity index (χ1) is 20.7. The second kappa shape index (κ2) is 15.0. The third-order valence-corrected chi connectivity index (χ3v) is 9.45. The Labute approximate surface area is 262 Å². The van der Waals surface area contributed by atoms with Crippen molar-refractivity contribution in [2.24, 2.45) is 0 Å². The molecule has 0 aliphatic heterocycles. The Kier molecular flexibility index (Phi) is 11.1. The predicted molar refractivity (Wildman–Crippen MR) is 174 cm³/mol. The number of amides is 2. The van der Waals surface area contributed by atoms with Gasteiger partial charge in [-0.15, -0.1) is 0 Å². The van der Waals surface area contributed by atoms with E-state index in [-0.39, 0.29) is 23.8 Å². The summed E-state index contributed by atoms with van der Waals surface area (Å²) in [5, 5.41) is 2.88. The predicted octanol–water partition coefficient (Wildman–Crippen LogP) is 5.98. The summed E-state index contributed by atoms with van der Waals surface area (Å²) in [5.74, 6) is -0.796. The molecule has 0 aliphatic carbocycles. The fourth-order valence-electron chi connectivity index (χ4n) is 4.78. The molecular weight excluding hydrogens is 626 g/mol. The first kappa shape index (κ1) is 32.0. The quantitative estimate of drug-likeness (QED) is 0.191. The molecule has 1 atom stereocenters. The van der Waals surface area contributed by atoms with Crippen molar-refractivity contribution in [1.82, 2.24) is 10.2 Å². The second-order valence-corrected chi connectivity index (χ2v) is 12.9. The number of sulfonamides is 1. The van der Waals surface area contributed by atoms with Gasteiger partial charge in [-0.25, -0.2) is 8.42 Å². The third kappa shape index (κ3) is 8.33. The van der Waals surface area contributed by atoms with Crippen LogP contribution in [0.4, 0.5) is 5.69 Å². The Balaban J connectivity index is 1.78. The van der Waals surface area contributed by atoms with Gasteiger partial charge in [0.2, 0.25) is 11.8 Å². The monoisotopic (exact) mass is 661 g/mol. The van der Waals surface area contributed by atoms with E-state index in [9.17, 15) is 18.0 Å². The molecule has 7 nitrogen and oxygen atoms in total. The number of benzene rings is 4. The van der Waals surface area contributed by atoms with E-state index in [0.29, 0.717) is 12.2 Å². The SMILES string of the molecule is CCNC(=O)[C@H](Cc1ccccc1)N(Cc1ccc(Br)cc1)C(=O)CN(c1ccc(CC)cc1)S(=O)(=O)c1ccccc1. The molecule has 0 saturated heterocycles. The lowest BCUT2D eigenvalue weighted by Gasteiger charge is -2.34. The molecule has 0 radical (unpaired) electrons. The van der Waals surface area contributed by atoms with Crippen LogP contribution in [0.2, 0.25) is 0 Å². The minimum atomic E-state index is -4.12. The number of hydrogen-bond acceptors (Lipinski definition) is 4. The van der Waals surface area contributed by atoms with E-state index in [1.807, 2.05) is 80.6 Å². The van der Waals surface area contributed by atoms with Crippen LogP contribution in [0.15, 0.2) is 119 Å². The highest BCUT2D eigenvalue weighted by molar-refractivity contribution is 9.10. The van der Waals surface area contributed by atoms with Crippen molar-refractivity contribution in [1.29, 1.82) is 0 Å². The van der Waals surface area contributed by atoms with Gasteiger partial charge in [-0.3, -0.25) is 13.9 Å². The van der Waals surface area contributed by atoms with Crippen molar-refractivity contribution in [2.45, 2.75) is 44.2 Å². The molecule has 0 aromatic heterocycles. The highest BCUT2D eigenvalue weighted by atomic mass is 79.9. The molecule has 0 heterocycles. The molecule has 0 unspecified atom stereocenters. The van der Waals surface area contributed by atoms with Gasteiger partial charge in [-0.05, 0) is 66.4 Å². The fraction of sp³-hybridized carbons (Fsp3) is 0.235. The number of nitrogens with zero attached hydrogens (tertiary/aromatic N) is 2. The number of anilines is 1. The zero-order valence-electron chi connectivity index (χ0n) is 24.3. The molecule has 9 heteroatoms. The lowest BCUT2D eigenvalue weighted by Crippen LogP contribution is -2.53. The lowest BCUT2D eigenvalue weighted by atomic mass is 10.0. The summed E-state index contributed by atoms with van der Waals surface area (Å²) >= 11 is 3.45. The van der Waals surface area contributed by atoms with E-state index < -0.39 is 28.5 Å². The van der Waals surface area contributed by atoms with Crippen molar-refractivity contribution in [2.75, 3.05) is 17.4 Å². The van der Waals surface area contributed by atoms with Crippen LogP contribution in [0.3, 0.4) is 0 Å². The Morgan fingerprint density at radius 3 is 1.93 bits per heavy atom. The Morgan fingerprint density at radius 1 is 0.767 bits per heavy atom. The van der Waals surface area contributed by atoms with E-state index in [0.717, 1.165) is 31.9 Å². The minimum absolute atomic E-state index is 0.0754. The molecule has 0 fully saturated rings. The highest BCUT2D eigenvalue weighted by Gasteiger charge is 2.34. The number of nitrogens with one attached hydrogen (secondary N) is 1. The molecule has 0 aliphatic rings. The van der Waals surface area contributed by atoms with Gasteiger partial charge in [0, 0.05) is 24.0 Å². The Morgan fingerprint density at radius 2 is 1.35 bits per heavy atom. The summed E-state index contributed by atoms with van der Waals surface area (Å²) in [5.41, 5.74) is 3.11. The number of rotatable bonds is 13. The van der Waals surface area contributed by atoms with Crippen molar-refractivity contribution in [3.63, 3.8) is 0 Å². The number of carbonyl (C=O) groups excluding carboxylic acids is 2. The summed E-state index contributed by atoms with van der Waals surface area (Å²) in [4.78, 5) is 29.5. The molecular formula is C34H36BrN3O4S. The number of hydrogen-bond donors (Lipinski definition) is 1. The van der Waals surface area contributed by atoms with Gasteiger partial charge >= 0.3 is 0 Å². The van der Waals surface area contributed by atoms with Crippen LogP contribution >= 0.6 is 15.9 Å². The molecule has 2 amide bonds. The molecule has 224 valence electrons. The summed E-state index contributed by atoms with van der Waals surface area (Å²) in [7, 11) is -4.12. The normalized spacial score (nSPS) is 11.9. The molecule has 1 N–H and O–H groups in total. The Hall–Kier alpha value is -3.95. The molecule has 0 saturated carbocycles.